The molecular formula is C28H33IN2O4. The fourth-order valence-corrected chi connectivity index (χ4v) is 3.55. The first kappa shape index (κ1) is 28.3. The zero-order valence-corrected chi connectivity index (χ0v) is 22.3. The van der Waals surface area contributed by atoms with Crippen molar-refractivity contribution in [2.45, 2.75) is 38.5 Å². The first-order valence-corrected chi connectivity index (χ1v) is 11.8. The molecule has 0 fully saturated rings. The van der Waals surface area contributed by atoms with Gasteiger partial charge in [-0.15, -0.1) is 0 Å². The quantitative estimate of drug-likeness (QED) is 0.144. The number of carbonyl (C=O) groups excluding carboxylic acids is 2. The van der Waals surface area contributed by atoms with E-state index in [4.69, 9.17) is 9.47 Å². The molecule has 6 nitrogen and oxygen atoms in total. The van der Waals surface area contributed by atoms with Gasteiger partial charge in [-0.25, -0.2) is 9.36 Å². The molecule has 0 unspecified atom stereocenters. The SMILES string of the molecule is C[n+]1cccc(C(=O)OCCCCCCCCOc2ccccc2C(=O)Nc2ccccc2)c1.[I-]. The molecule has 0 aliphatic carbocycles. The Morgan fingerprint density at radius 1 is 0.800 bits per heavy atom. The molecule has 7 heteroatoms. The van der Waals surface area contributed by atoms with E-state index in [2.05, 4.69) is 5.32 Å². The number of hydrogen-bond donors (Lipinski definition) is 1. The van der Waals surface area contributed by atoms with Gasteiger partial charge >= 0.3 is 5.97 Å². The van der Waals surface area contributed by atoms with Crippen LogP contribution in [-0.2, 0) is 11.8 Å². The van der Waals surface area contributed by atoms with E-state index in [9.17, 15) is 9.59 Å². The Hall–Kier alpha value is -2.94. The van der Waals surface area contributed by atoms with Crippen LogP contribution in [0.4, 0.5) is 5.69 Å². The number of halogens is 1. The van der Waals surface area contributed by atoms with E-state index in [0.717, 1.165) is 44.2 Å². The molecule has 0 saturated carbocycles. The fraction of sp³-hybridized carbons (Fsp3) is 0.321. The number of nitrogens with zero attached hydrogens (tertiary/aromatic N) is 1. The summed E-state index contributed by atoms with van der Waals surface area (Å²) < 4.78 is 13.1. The number of anilines is 1. The van der Waals surface area contributed by atoms with Crippen molar-refractivity contribution in [1.82, 2.24) is 0 Å². The van der Waals surface area contributed by atoms with Crippen molar-refractivity contribution in [3.63, 3.8) is 0 Å². The van der Waals surface area contributed by atoms with E-state index in [1.54, 1.807) is 18.3 Å². The zero-order chi connectivity index (χ0) is 24.0. The molecule has 0 spiro atoms. The van der Waals surface area contributed by atoms with Crippen LogP contribution in [0.2, 0.25) is 0 Å². The lowest BCUT2D eigenvalue weighted by Gasteiger charge is -2.12. The van der Waals surface area contributed by atoms with Gasteiger partial charge in [-0.3, -0.25) is 4.79 Å². The molecule has 3 rings (SSSR count). The third-order valence-electron chi connectivity index (χ3n) is 5.37. The monoisotopic (exact) mass is 588 g/mol. The molecule has 1 heterocycles. The van der Waals surface area contributed by atoms with Gasteiger partial charge in [0.1, 0.15) is 18.4 Å². The van der Waals surface area contributed by atoms with Crippen LogP contribution in [0, 0.1) is 0 Å². The number of nitrogens with one attached hydrogen (secondary N) is 1. The molecule has 1 aromatic heterocycles. The summed E-state index contributed by atoms with van der Waals surface area (Å²) >= 11 is 0. The highest BCUT2D eigenvalue weighted by Crippen LogP contribution is 2.20. The summed E-state index contributed by atoms with van der Waals surface area (Å²) in [5, 5.41) is 2.90. The molecule has 0 aliphatic rings. The zero-order valence-electron chi connectivity index (χ0n) is 20.1. The molecular weight excluding hydrogens is 555 g/mol. The maximum atomic E-state index is 12.6. The number of pyridine rings is 1. The van der Waals surface area contributed by atoms with Gasteiger partial charge in [-0.05, 0) is 43.2 Å². The maximum Gasteiger partial charge on any atom is 0.344 e. The van der Waals surface area contributed by atoms with Gasteiger partial charge < -0.3 is 38.8 Å². The summed E-state index contributed by atoms with van der Waals surface area (Å²) in [7, 11) is 1.88. The van der Waals surface area contributed by atoms with Crippen molar-refractivity contribution in [2.24, 2.45) is 7.05 Å². The second-order valence-electron chi connectivity index (χ2n) is 8.18. The average Bonchev–Trinajstić information content (AvgIpc) is 2.86. The second-order valence-corrected chi connectivity index (χ2v) is 8.18. The molecule has 0 atom stereocenters. The van der Waals surface area contributed by atoms with E-state index in [1.807, 2.05) is 72.4 Å². The molecule has 0 aliphatic heterocycles. The molecule has 0 radical (unpaired) electrons. The van der Waals surface area contributed by atoms with Crippen LogP contribution in [0.15, 0.2) is 79.1 Å². The van der Waals surface area contributed by atoms with Crippen LogP contribution in [0.3, 0.4) is 0 Å². The Bertz CT molecular complexity index is 1060. The number of esters is 1. The van der Waals surface area contributed by atoms with Crippen LogP contribution < -0.4 is 38.6 Å². The Morgan fingerprint density at radius 2 is 1.46 bits per heavy atom. The maximum absolute atomic E-state index is 12.6. The van der Waals surface area contributed by atoms with E-state index in [-0.39, 0.29) is 35.9 Å². The number of carbonyl (C=O) groups is 2. The molecule has 3 aromatic rings. The number of para-hydroxylation sites is 2. The Morgan fingerprint density at radius 3 is 2.20 bits per heavy atom. The van der Waals surface area contributed by atoms with Crippen LogP contribution in [0.25, 0.3) is 0 Å². The van der Waals surface area contributed by atoms with Crippen molar-refractivity contribution in [3.8, 4) is 5.75 Å². The number of aryl methyl sites for hydroxylation is 1. The first-order chi connectivity index (χ1) is 16.6. The molecule has 0 saturated heterocycles. The lowest BCUT2D eigenvalue weighted by atomic mass is 10.1. The predicted molar refractivity (Wildman–Crippen MR) is 132 cm³/mol. The highest BCUT2D eigenvalue weighted by Gasteiger charge is 2.12. The van der Waals surface area contributed by atoms with Crippen molar-refractivity contribution in [3.05, 3.63) is 90.3 Å². The molecule has 1 amide bonds. The van der Waals surface area contributed by atoms with Gasteiger partial charge in [0.25, 0.3) is 5.91 Å². The fourth-order valence-electron chi connectivity index (χ4n) is 3.55. The lowest BCUT2D eigenvalue weighted by Crippen LogP contribution is -3.00. The third kappa shape index (κ3) is 10.1. The highest BCUT2D eigenvalue weighted by molar-refractivity contribution is 6.06. The number of amides is 1. The standard InChI is InChI=1S/C28H32N2O4.HI/c1-30-19-13-14-23(22-30)28(32)34-21-12-5-3-2-4-11-20-33-26-18-10-9-17-25(26)27(31)29-24-15-7-6-8-16-24;/h6-10,13-19,22H,2-5,11-12,20-21H2,1H3;1H. The van der Waals surface area contributed by atoms with E-state index in [1.165, 1.54) is 0 Å². The number of rotatable bonds is 13. The Balaban J connectivity index is 0.00000432. The van der Waals surface area contributed by atoms with Crippen molar-refractivity contribution in [2.75, 3.05) is 18.5 Å². The number of unbranched alkanes of at least 4 members (excludes halogenated alkanes) is 5. The van der Waals surface area contributed by atoms with E-state index < -0.39 is 0 Å². The van der Waals surface area contributed by atoms with Crippen LogP contribution in [-0.4, -0.2) is 25.1 Å². The third-order valence-corrected chi connectivity index (χ3v) is 5.37. The van der Waals surface area contributed by atoms with Crippen molar-refractivity contribution >= 4 is 17.6 Å². The van der Waals surface area contributed by atoms with Gasteiger partial charge in [0.2, 0.25) is 0 Å². The first-order valence-electron chi connectivity index (χ1n) is 11.8. The number of ether oxygens (including phenoxy) is 2. The molecule has 0 bridgehead atoms. The van der Waals surface area contributed by atoms with Crippen LogP contribution in [0.1, 0.15) is 59.2 Å². The lowest BCUT2D eigenvalue weighted by molar-refractivity contribution is -0.671. The van der Waals surface area contributed by atoms with E-state index >= 15 is 0 Å². The highest BCUT2D eigenvalue weighted by atomic mass is 127. The molecule has 2 aromatic carbocycles. The van der Waals surface area contributed by atoms with Crippen molar-refractivity contribution in [1.29, 1.82) is 0 Å². The number of benzene rings is 2. The molecule has 35 heavy (non-hydrogen) atoms. The molecule has 1 N–H and O–H groups in total. The van der Waals surface area contributed by atoms with E-state index in [0.29, 0.717) is 30.1 Å². The normalized spacial score (nSPS) is 10.2. The minimum Gasteiger partial charge on any atom is -1.00 e. The summed E-state index contributed by atoms with van der Waals surface area (Å²) in [5.74, 6) is 0.152. The van der Waals surface area contributed by atoms with Gasteiger partial charge in [0.05, 0.1) is 18.8 Å². The minimum absolute atomic E-state index is 0. The van der Waals surface area contributed by atoms with Crippen LogP contribution in [0.5, 0.6) is 5.75 Å². The topological polar surface area (TPSA) is 68.5 Å². The summed E-state index contributed by atoms with van der Waals surface area (Å²) in [4.78, 5) is 24.6. The Labute approximate surface area is 224 Å². The predicted octanol–water partition coefficient (Wildman–Crippen LogP) is 2.34. The largest absolute Gasteiger partial charge is 1.00 e. The summed E-state index contributed by atoms with van der Waals surface area (Å²) in [6.45, 7) is 1.02. The van der Waals surface area contributed by atoms with Gasteiger partial charge in [-0.2, -0.15) is 0 Å². The second kappa shape index (κ2) is 15.9. The smallest absolute Gasteiger partial charge is 0.344 e. The van der Waals surface area contributed by atoms with Gasteiger partial charge in [0, 0.05) is 11.8 Å². The summed E-state index contributed by atoms with van der Waals surface area (Å²) in [6, 6.07) is 20.3. The average molecular weight is 588 g/mol. The van der Waals surface area contributed by atoms with Crippen LogP contribution >= 0.6 is 0 Å². The molecule has 186 valence electrons. The Kier molecular flexibility index (Phi) is 12.8. The van der Waals surface area contributed by atoms with Gasteiger partial charge in [-0.1, -0.05) is 56.0 Å². The minimum atomic E-state index is -0.272. The van der Waals surface area contributed by atoms with Crippen molar-refractivity contribution < 1.29 is 47.6 Å². The summed E-state index contributed by atoms with van der Waals surface area (Å²) in [5.41, 5.74) is 1.86. The summed E-state index contributed by atoms with van der Waals surface area (Å²) in [6.07, 6.45) is 9.70. The number of hydrogen-bond acceptors (Lipinski definition) is 4. The number of aromatic nitrogens is 1. The van der Waals surface area contributed by atoms with Gasteiger partial charge in [0.15, 0.2) is 12.4 Å².